The fraction of sp³-hybridized carbons (Fsp3) is 0.560. The number of alkyl carbamates (subject to hydrolysis) is 1. The summed E-state index contributed by atoms with van der Waals surface area (Å²) in [7, 11) is 0. The second kappa shape index (κ2) is 13.6. The van der Waals surface area contributed by atoms with Crippen molar-refractivity contribution < 1.29 is 19.1 Å². The maximum Gasteiger partial charge on any atom is 0.408 e. The first-order valence-corrected chi connectivity index (χ1v) is 11.4. The molecule has 1 aromatic carbocycles. The molecule has 2 N–H and O–H groups in total. The molecular weight excluding hydrogens is 406 g/mol. The molecule has 0 heterocycles. The summed E-state index contributed by atoms with van der Waals surface area (Å²) in [6.07, 6.45) is 4.44. The highest BCUT2D eigenvalue weighted by Crippen LogP contribution is 2.24. The van der Waals surface area contributed by atoms with Gasteiger partial charge < -0.3 is 20.3 Å². The van der Waals surface area contributed by atoms with Crippen LogP contribution in [-0.4, -0.2) is 48.0 Å². The number of benzene rings is 1. The van der Waals surface area contributed by atoms with E-state index in [0.29, 0.717) is 18.7 Å². The van der Waals surface area contributed by atoms with Gasteiger partial charge in [0.15, 0.2) is 0 Å². The third-order valence-corrected chi connectivity index (χ3v) is 4.71. The van der Waals surface area contributed by atoms with Gasteiger partial charge in [-0.05, 0) is 50.8 Å². The molecule has 7 nitrogen and oxygen atoms in total. The third kappa shape index (κ3) is 9.54. The fourth-order valence-corrected chi connectivity index (χ4v) is 3.10. The highest BCUT2D eigenvalue weighted by atomic mass is 16.6. The smallest absolute Gasteiger partial charge is 0.408 e. The van der Waals surface area contributed by atoms with Gasteiger partial charge in [-0.3, -0.25) is 9.59 Å². The van der Waals surface area contributed by atoms with Crippen LogP contribution in [-0.2, 0) is 14.3 Å². The van der Waals surface area contributed by atoms with Gasteiger partial charge >= 0.3 is 6.09 Å². The Morgan fingerprint density at radius 3 is 2.41 bits per heavy atom. The molecule has 0 aliphatic rings. The zero-order valence-corrected chi connectivity index (χ0v) is 20.2. The number of carbonyl (C=O) groups excluding carboxylic acids is 3. The number of unbranched alkanes of at least 4 members (excludes halogenated alkanes) is 2. The van der Waals surface area contributed by atoms with Crippen LogP contribution in [0.2, 0.25) is 0 Å². The van der Waals surface area contributed by atoms with E-state index in [0.717, 1.165) is 31.2 Å². The van der Waals surface area contributed by atoms with E-state index >= 15 is 0 Å². The van der Waals surface area contributed by atoms with Crippen molar-refractivity contribution in [1.29, 1.82) is 0 Å². The van der Waals surface area contributed by atoms with Crippen molar-refractivity contribution >= 4 is 24.0 Å². The van der Waals surface area contributed by atoms with E-state index in [1.165, 1.54) is 0 Å². The van der Waals surface area contributed by atoms with Crippen molar-refractivity contribution in [3.63, 3.8) is 0 Å². The zero-order valence-electron chi connectivity index (χ0n) is 20.2. The average Bonchev–Trinajstić information content (AvgIpc) is 2.73. The number of rotatable bonds is 12. The summed E-state index contributed by atoms with van der Waals surface area (Å²) in [5.41, 5.74) is 0.906. The summed E-state index contributed by atoms with van der Waals surface area (Å²) < 4.78 is 5.23. The van der Waals surface area contributed by atoms with Gasteiger partial charge in [0.2, 0.25) is 11.8 Å². The van der Waals surface area contributed by atoms with Crippen molar-refractivity contribution in [2.45, 2.75) is 71.9 Å². The second-order valence-corrected chi connectivity index (χ2v) is 8.72. The topological polar surface area (TPSA) is 87.7 Å². The Bertz CT molecular complexity index is 771. The van der Waals surface area contributed by atoms with E-state index in [4.69, 9.17) is 4.74 Å². The molecule has 0 saturated carbocycles. The SMILES string of the molecule is C=Cc1cccc(C(C(=O)NCCCC)N(CCCC)C(=O)CNC(=O)OC(C)(C)C)c1. The fourth-order valence-electron chi connectivity index (χ4n) is 3.10. The molecule has 0 saturated heterocycles. The van der Waals surface area contributed by atoms with Crippen molar-refractivity contribution in [3.05, 3.63) is 42.0 Å². The molecule has 0 radical (unpaired) electrons. The number of amides is 3. The first-order valence-electron chi connectivity index (χ1n) is 11.4. The van der Waals surface area contributed by atoms with Crippen molar-refractivity contribution in [3.8, 4) is 0 Å². The number of nitrogens with one attached hydrogen (secondary N) is 2. The van der Waals surface area contributed by atoms with E-state index in [1.54, 1.807) is 31.7 Å². The van der Waals surface area contributed by atoms with Crippen molar-refractivity contribution in [2.75, 3.05) is 19.6 Å². The molecule has 178 valence electrons. The molecule has 1 atom stereocenters. The van der Waals surface area contributed by atoms with Crippen LogP contribution in [0.25, 0.3) is 6.08 Å². The lowest BCUT2D eigenvalue weighted by Crippen LogP contribution is -2.48. The quantitative estimate of drug-likeness (QED) is 0.466. The van der Waals surface area contributed by atoms with Gasteiger partial charge in [0.1, 0.15) is 18.2 Å². The molecule has 1 aromatic rings. The summed E-state index contributed by atoms with van der Waals surface area (Å²) in [6.45, 7) is 13.8. The van der Waals surface area contributed by atoms with Gasteiger partial charge in [-0.2, -0.15) is 0 Å². The number of ether oxygens (including phenoxy) is 1. The number of carbonyl (C=O) groups is 3. The average molecular weight is 446 g/mol. The molecule has 32 heavy (non-hydrogen) atoms. The molecule has 0 aliphatic carbocycles. The highest BCUT2D eigenvalue weighted by molar-refractivity contribution is 5.90. The molecule has 0 spiro atoms. The van der Waals surface area contributed by atoms with E-state index in [-0.39, 0.29) is 18.4 Å². The largest absolute Gasteiger partial charge is 0.444 e. The first kappa shape index (κ1) is 27.2. The van der Waals surface area contributed by atoms with Crippen LogP contribution in [0.1, 0.15) is 77.5 Å². The Hall–Kier alpha value is -2.83. The van der Waals surface area contributed by atoms with E-state index in [1.807, 2.05) is 31.2 Å². The van der Waals surface area contributed by atoms with Gasteiger partial charge in [-0.25, -0.2) is 4.79 Å². The van der Waals surface area contributed by atoms with Gasteiger partial charge in [0, 0.05) is 13.1 Å². The van der Waals surface area contributed by atoms with Crippen LogP contribution >= 0.6 is 0 Å². The molecular formula is C25H39N3O4. The summed E-state index contributed by atoms with van der Waals surface area (Å²) in [6, 6.07) is 6.64. The Labute approximate surface area is 192 Å². The summed E-state index contributed by atoms with van der Waals surface area (Å²) >= 11 is 0. The van der Waals surface area contributed by atoms with Crippen LogP contribution < -0.4 is 10.6 Å². The number of hydrogen-bond acceptors (Lipinski definition) is 4. The van der Waals surface area contributed by atoms with Crippen LogP contribution in [0.4, 0.5) is 4.79 Å². The van der Waals surface area contributed by atoms with Crippen LogP contribution in [0, 0.1) is 0 Å². The summed E-state index contributed by atoms with van der Waals surface area (Å²) in [5.74, 6) is -0.578. The lowest BCUT2D eigenvalue weighted by molar-refractivity contribution is -0.140. The number of nitrogens with zero attached hydrogens (tertiary/aromatic N) is 1. The molecule has 3 amide bonds. The predicted octanol–water partition coefficient (Wildman–Crippen LogP) is 4.44. The van der Waals surface area contributed by atoms with E-state index in [9.17, 15) is 14.4 Å². The van der Waals surface area contributed by atoms with E-state index in [2.05, 4.69) is 24.1 Å². The summed E-state index contributed by atoms with van der Waals surface area (Å²) in [4.78, 5) is 40.0. The predicted molar refractivity (Wildman–Crippen MR) is 128 cm³/mol. The molecule has 1 rings (SSSR count). The maximum atomic E-state index is 13.2. The van der Waals surface area contributed by atoms with Gasteiger partial charge in [0.25, 0.3) is 0 Å². The molecule has 0 aromatic heterocycles. The Kier molecular flexibility index (Phi) is 11.5. The molecule has 7 heteroatoms. The highest BCUT2D eigenvalue weighted by Gasteiger charge is 2.31. The molecule has 0 aliphatic heterocycles. The standard InChI is InChI=1S/C25H39N3O4/c1-7-10-15-26-23(30)22(20-14-12-13-19(9-3)17-20)28(16-11-8-2)21(29)18-27-24(31)32-25(4,5)6/h9,12-14,17,22H,3,7-8,10-11,15-16,18H2,1-2,4-6H3,(H,26,30)(H,27,31). The van der Waals surface area contributed by atoms with Crippen LogP contribution in [0.3, 0.4) is 0 Å². The van der Waals surface area contributed by atoms with Crippen LogP contribution in [0.5, 0.6) is 0 Å². The maximum absolute atomic E-state index is 13.2. The third-order valence-electron chi connectivity index (χ3n) is 4.71. The summed E-state index contributed by atoms with van der Waals surface area (Å²) in [5, 5.41) is 5.47. The van der Waals surface area contributed by atoms with Crippen molar-refractivity contribution in [2.24, 2.45) is 0 Å². The van der Waals surface area contributed by atoms with Gasteiger partial charge in [-0.1, -0.05) is 57.5 Å². The molecule has 1 unspecified atom stereocenters. The van der Waals surface area contributed by atoms with Crippen LogP contribution in [0.15, 0.2) is 30.8 Å². The lowest BCUT2D eigenvalue weighted by Gasteiger charge is -2.32. The van der Waals surface area contributed by atoms with E-state index < -0.39 is 17.7 Å². The zero-order chi connectivity index (χ0) is 24.1. The normalized spacial score (nSPS) is 11.9. The monoisotopic (exact) mass is 445 g/mol. The Balaban J connectivity index is 3.17. The second-order valence-electron chi connectivity index (χ2n) is 8.72. The molecule has 0 fully saturated rings. The first-order chi connectivity index (χ1) is 15.1. The molecule has 0 bridgehead atoms. The lowest BCUT2D eigenvalue weighted by atomic mass is 10.0. The Morgan fingerprint density at radius 2 is 1.81 bits per heavy atom. The van der Waals surface area contributed by atoms with Gasteiger partial charge in [-0.15, -0.1) is 0 Å². The minimum Gasteiger partial charge on any atom is -0.444 e. The van der Waals surface area contributed by atoms with Crippen molar-refractivity contribution in [1.82, 2.24) is 15.5 Å². The Morgan fingerprint density at radius 1 is 1.12 bits per heavy atom. The minimum absolute atomic E-state index is 0.235. The number of hydrogen-bond donors (Lipinski definition) is 2. The van der Waals surface area contributed by atoms with Gasteiger partial charge in [0.05, 0.1) is 0 Å². The minimum atomic E-state index is -0.800.